The molecule has 0 amide bonds. The van der Waals surface area contributed by atoms with Gasteiger partial charge in [-0.3, -0.25) is 4.79 Å². The summed E-state index contributed by atoms with van der Waals surface area (Å²) in [4.78, 5) is 29.7. The van der Waals surface area contributed by atoms with Gasteiger partial charge in [0, 0.05) is 16.3 Å². The first-order valence-electron chi connectivity index (χ1n) is 14.4. The van der Waals surface area contributed by atoms with Crippen LogP contribution in [0, 0.1) is 0 Å². The number of carbonyl (C=O) groups excluding carboxylic acids is 1. The molecule has 0 spiro atoms. The highest BCUT2D eigenvalue weighted by atomic mass is 17.2. The van der Waals surface area contributed by atoms with E-state index in [1.807, 2.05) is 103 Å². The molecule has 5 aromatic carbocycles. The Balaban J connectivity index is 1.58. The van der Waals surface area contributed by atoms with Crippen molar-refractivity contribution < 1.29 is 19.3 Å². The zero-order valence-electron chi connectivity index (χ0n) is 24.1. The molecule has 0 aliphatic heterocycles. The number of hydrogen-bond acceptors (Lipinski definition) is 5. The molecule has 0 bridgehead atoms. The first-order valence-corrected chi connectivity index (χ1v) is 14.4. The molecule has 0 saturated carbocycles. The lowest BCUT2D eigenvalue weighted by molar-refractivity contribution is -0.310. The molecule has 44 heavy (non-hydrogen) atoms. The molecule has 0 aliphatic rings. The molecule has 2 unspecified atom stereocenters. The predicted octanol–water partition coefficient (Wildman–Crippen LogP) is 9.10. The van der Waals surface area contributed by atoms with Crippen molar-refractivity contribution >= 4 is 27.8 Å². The third kappa shape index (κ3) is 5.92. The Bertz CT molecular complexity index is 1920. The quantitative estimate of drug-likeness (QED) is 0.0292. The van der Waals surface area contributed by atoms with Gasteiger partial charge in [-0.05, 0) is 52.1 Å². The zero-order chi connectivity index (χ0) is 30.3. The minimum Gasteiger partial charge on any atom is -0.434 e. The molecule has 6 rings (SSSR count). The van der Waals surface area contributed by atoms with Crippen LogP contribution in [0.3, 0.4) is 0 Å². The Morgan fingerprint density at radius 1 is 0.682 bits per heavy atom. The summed E-state index contributed by atoms with van der Waals surface area (Å²) in [5.74, 6) is -1.03. The molecule has 0 saturated heterocycles. The number of ether oxygens (including phenoxy) is 1. The van der Waals surface area contributed by atoms with Crippen LogP contribution in [0.2, 0.25) is 0 Å². The number of benzene rings is 5. The van der Waals surface area contributed by atoms with E-state index in [2.05, 4.69) is 37.4 Å². The van der Waals surface area contributed by atoms with Gasteiger partial charge in [-0.2, -0.15) is 0 Å². The molecule has 6 aromatic rings. The fourth-order valence-electron chi connectivity index (χ4n) is 5.58. The topological polar surface area (TPSA) is 57.7 Å². The van der Waals surface area contributed by atoms with Crippen molar-refractivity contribution in [3.8, 4) is 11.1 Å². The molecular weight excluding hydrogens is 546 g/mol. The second-order valence-electron chi connectivity index (χ2n) is 10.3. The van der Waals surface area contributed by atoms with Crippen LogP contribution in [0.25, 0.3) is 32.9 Å². The SMILES string of the molecule is C=CCOOC(c1ccccc1)c1ccc2nc3ccc(C(C(=O)OC=C)c4ccccc4)cc3c(-c3ccccc3)c2c1. The molecular formula is C39H31NO4. The Kier molecular flexibility index (Phi) is 8.69. The summed E-state index contributed by atoms with van der Waals surface area (Å²) in [7, 11) is 0. The highest BCUT2D eigenvalue weighted by Gasteiger charge is 2.25. The van der Waals surface area contributed by atoms with E-state index >= 15 is 0 Å². The lowest BCUT2D eigenvalue weighted by atomic mass is 9.88. The highest BCUT2D eigenvalue weighted by Crippen LogP contribution is 2.39. The van der Waals surface area contributed by atoms with Crippen molar-refractivity contribution in [2.45, 2.75) is 12.0 Å². The molecule has 5 heteroatoms. The van der Waals surface area contributed by atoms with Crippen molar-refractivity contribution in [3.63, 3.8) is 0 Å². The molecule has 0 aliphatic carbocycles. The summed E-state index contributed by atoms with van der Waals surface area (Å²) in [6, 6.07) is 41.9. The molecule has 216 valence electrons. The Labute approximate surface area is 256 Å². The van der Waals surface area contributed by atoms with Gasteiger partial charge in [0.1, 0.15) is 18.6 Å². The standard InChI is InChI=1S/C39H31NO4/c1-3-24-43-44-38(29-18-12-7-13-19-29)31-21-23-35-33(26-31)37(28-16-10-6-11-17-28)32-25-30(20-22-34(32)40-35)36(39(41)42-4-2)27-14-8-5-9-15-27/h3-23,25-26,36,38H,1-2,24H2. The Morgan fingerprint density at radius 2 is 1.25 bits per heavy atom. The fourth-order valence-corrected chi connectivity index (χ4v) is 5.58. The van der Waals surface area contributed by atoms with Gasteiger partial charge in [0.25, 0.3) is 0 Å². The number of esters is 1. The summed E-state index contributed by atoms with van der Waals surface area (Å²) in [6.45, 7) is 7.59. The third-order valence-corrected chi connectivity index (χ3v) is 7.54. The van der Waals surface area contributed by atoms with Gasteiger partial charge in [-0.1, -0.05) is 116 Å². The summed E-state index contributed by atoms with van der Waals surface area (Å²) in [5.41, 5.74) is 7.21. The van der Waals surface area contributed by atoms with E-state index in [9.17, 15) is 4.79 Å². The second kappa shape index (κ2) is 13.3. The average molecular weight is 578 g/mol. The van der Waals surface area contributed by atoms with Gasteiger partial charge in [0.2, 0.25) is 0 Å². The number of aromatic nitrogens is 1. The van der Waals surface area contributed by atoms with Gasteiger partial charge in [0.05, 0.1) is 17.3 Å². The van der Waals surface area contributed by atoms with Crippen molar-refractivity contribution in [1.29, 1.82) is 0 Å². The number of hydrogen-bond donors (Lipinski definition) is 0. The van der Waals surface area contributed by atoms with Crippen molar-refractivity contribution in [3.05, 3.63) is 175 Å². The molecule has 1 aromatic heterocycles. The first-order chi connectivity index (χ1) is 21.7. The molecule has 1 heterocycles. The molecule has 2 atom stereocenters. The number of pyridine rings is 1. The first kappa shape index (κ1) is 28.7. The number of fused-ring (bicyclic) bond motifs is 2. The maximum atomic E-state index is 13.3. The van der Waals surface area contributed by atoms with E-state index in [1.54, 1.807) is 6.08 Å². The van der Waals surface area contributed by atoms with Crippen molar-refractivity contribution in [2.24, 2.45) is 0 Å². The number of carbonyl (C=O) groups is 1. The van der Waals surface area contributed by atoms with Crippen molar-refractivity contribution in [1.82, 2.24) is 4.98 Å². The normalized spacial score (nSPS) is 12.5. The summed E-state index contributed by atoms with van der Waals surface area (Å²) < 4.78 is 5.31. The smallest absolute Gasteiger partial charge is 0.322 e. The minimum atomic E-state index is -0.637. The molecule has 5 nitrogen and oxygen atoms in total. The van der Waals surface area contributed by atoms with Gasteiger partial charge in [-0.25, -0.2) is 14.8 Å². The number of rotatable bonds is 11. The van der Waals surface area contributed by atoms with Gasteiger partial charge < -0.3 is 4.74 Å². The van der Waals surface area contributed by atoms with Gasteiger partial charge in [-0.15, -0.1) is 6.58 Å². The predicted molar refractivity (Wildman–Crippen MR) is 175 cm³/mol. The largest absolute Gasteiger partial charge is 0.434 e. The van der Waals surface area contributed by atoms with Crippen LogP contribution in [-0.2, 0) is 19.3 Å². The van der Waals surface area contributed by atoms with Crippen LogP contribution in [0.15, 0.2) is 153 Å². The maximum Gasteiger partial charge on any atom is 0.322 e. The molecule has 0 radical (unpaired) electrons. The minimum absolute atomic E-state index is 0.262. The Hall–Kier alpha value is -5.36. The van der Waals surface area contributed by atoms with Crippen LogP contribution in [-0.4, -0.2) is 17.6 Å². The summed E-state index contributed by atoms with van der Waals surface area (Å²) >= 11 is 0. The fraction of sp³-hybridized carbons (Fsp3) is 0.0769. The second-order valence-corrected chi connectivity index (χ2v) is 10.3. The lowest BCUT2D eigenvalue weighted by Gasteiger charge is -2.20. The van der Waals surface area contributed by atoms with Gasteiger partial charge in [0.15, 0.2) is 0 Å². The van der Waals surface area contributed by atoms with Crippen LogP contribution < -0.4 is 0 Å². The van der Waals surface area contributed by atoms with Crippen LogP contribution in [0.5, 0.6) is 0 Å². The third-order valence-electron chi connectivity index (χ3n) is 7.54. The van der Waals surface area contributed by atoms with Gasteiger partial charge >= 0.3 is 5.97 Å². The van der Waals surface area contributed by atoms with Crippen LogP contribution >= 0.6 is 0 Å². The summed E-state index contributed by atoms with van der Waals surface area (Å²) in [5, 5.41) is 1.88. The average Bonchev–Trinajstić information content (AvgIpc) is 3.07. The van der Waals surface area contributed by atoms with Crippen LogP contribution in [0.1, 0.15) is 34.3 Å². The zero-order valence-corrected chi connectivity index (χ0v) is 24.1. The van der Waals surface area contributed by atoms with E-state index in [1.165, 1.54) is 6.26 Å². The highest BCUT2D eigenvalue weighted by molar-refractivity contribution is 6.10. The van der Waals surface area contributed by atoms with Crippen molar-refractivity contribution in [2.75, 3.05) is 6.61 Å². The van der Waals surface area contributed by atoms with E-state index in [0.717, 1.165) is 55.2 Å². The van der Waals surface area contributed by atoms with E-state index < -0.39 is 18.0 Å². The monoisotopic (exact) mass is 577 g/mol. The Morgan fingerprint density at radius 3 is 1.86 bits per heavy atom. The van der Waals surface area contributed by atoms with Crippen LogP contribution in [0.4, 0.5) is 0 Å². The lowest BCUT2D eigenvalue weighted by Crippen LogP contribution is -2.15. The molecule has 0 N–H and O–H groups in total. The molecule has 0 fully saturated rings. The van der Waals surface area contributed by atoms with E-state index in [4.69, 9.17) is 19.5 Å². The maximum absolute atomic E-state index is 13.3. The summed E-state index contributed by atoms with van der Waals surface area (Å²) in [6.07, 6.45) is 2.36. The van der Waals surface area contributed by atoms with E-state index in [-0.39, 0.29) is 6.61 Å². The number of nitrogens with zero attached hydrogens (tertiary/aromatic N) is 1. The van der Waals surface area contributed by atoms with E-state index in [0.29, 0.717) is 0 Å².